The number of thiol groups is 1. The number of aromatic nitrogens is 2. The third kappa shape index (κ3) is 1.80. The van der Waals surface area contributed by atoms with E-state index < -0.39 is 0 Å². The Morgan fingerprint density at radius 3 is 2.50 bits per heavy atom. The highest BCUT2D eigenvalue weighted by Crippen LogP contribution is 2.22. The van der Waals surface area contributed by atoms with Crippen LogP contribution in [0, 0.1) is 0 Å². The SMILES string of the molecule is CC(S)c1ccc(-c2nnco2)cc1. The Balaban J connectivity index is 2.31. The van der Waals surface area contributed by atoms with Gasteiger partial charge in [-0.1, -0.05) is 12.1 Å². The number of rotatable bonds is 2. The van der Waals surface area contributed by atoms with Crippen LogP contribution in [0.25, 0.3) is 11.5 Å². The molecule has 0 aliphatic heterocycles. The second kappa shape index (κ2) is 3.84. The Bertz CT molecular complexity index is 395. The van der Waals surface area contributed by atoms with E-state index in [1.54, 1.807) is 0 Å². The van der Waals surface area contributed by atoms with Gasteiger partial charge in [0.05, 0.1) is 0 Å². The van der Waals surface area contributed by atoms with Gasteiger partial charge in [-0.05, 0) is 24.6 Å². The first-order valence-electron chi connectivity index (χ1n) is 4.32. The molecule has 0 aliphatic rings. The largest absolute Gasteiger partial charge is 0.423 e. The molecule has 0 spiro atoms. The Kier molecular flexibility index (Phi) is 2.54. The lowest BCUT2D eigenvalue weighted by Crippen LogP contribution is -1.84. The fourth-order valence-corrected chi connectivity index (χ4v) is 1.38. The van der Waals surface area contributed by atoms with Crippen LogP contribution in [0.15, 0.2) is 35.1 Å². The molecule has 72 valence electrons. The molecule has 0 fully saturated rings. The molecule has 1 heterocycles. The lowest BCUT2D eigenvalue weighted by molar-refractivity contribution is 0.568. The van der Waals surface area contributed by atoms with Crippen molar-refractivity contribution in [2.75, 3.05) is 0 Å². The minimum atomic E-state index is 0.242. The molecule has 1 unspecified atom stereocenters. The maximum Gasteiger partial charge on any atom is 0.247 e. The number of nitrogens with zero attached hydrogens (tertiary/aromatic N) is 2. The zero-order valence-electron chi connectivity index (χ0n) is 7.71. The lowest BCUT2D eigenvalue weighted by atomic mass is 10.1. The first kappa shape index (κ1) is 9.27. The van der Waals surface area contributed by atoms with Gasteiger partial charge in [-0.3, -0.25) is 0 Å². The molecular formula is C10H10N2OS. The van der Waals surface area contributed by atoms with Gasteiger partial charge >= 0.3 is 0 Å². The van der Waals surface area contributed by atoms with Crippen LogP contribution >= 0.6 is 12.6 Å². The fraction of sp³-hybridized carbons (Fsp3) is 0.200. The van der Waals surface area contributed by atoms with Crippen molar-refractivity contribution in [3.8, 4) is 11.5 Å². The molecule has 0 saturated heterocycles. The van der Waals surface area contributed by atoms with Crippen LogP contribution in [-0.4, -0.2) is 10.2 Å². The predicted molar refractivity (Wildman–Crippen MR) is 57.1 cm³/mol. The molecule has 0 aliphatic carbocycles. The van der Waals surface area contributed by atoms with Crippen LogP contribution in [-0.2, 0) is 0 Å². The summed E-state index contributed by atoms with van der Waals surface area (Å²) in [6, 6.07) is 7.93. The summed E-state index contributed by atoms with van der Waals surface area (Å²) < 4.78 is 5.08. The number of hydrogen-bond acceptors (Lipinski definition) is 4. The van der Waals surface area contributed by atoms with Crippen LogP contribution < -0.4 is 0 Å². The molecule has 0 amide bonds. The van der Waals surface area contributed by atoms with Gasteiger partial charge in [0, 0.05) is 10.8 Å². The molecule has 3 nitrogen and oxygen atoms in total. The highest BCUT2D eigenvalue weighted by molar-refractivity contribution is 7.80. The molecule has 4 heteroatoms. The van der Waals surface area contributed by atoms with Gasteiger partial charge in [0.1, 0.15) is 0 Å². The third-order valence-electron chi connectivity index (χ3n) is 2.00. The summed E-state index contributed by atoms with van der Waals surface area (Å²) in [7, 11) is 0. The topological polar surface area (TPSA) is 38.9 Å². The van der Waals surface area contributed by atoms with Crippen molar-refractivity contribution in [1.29, 1.82) is 0 Å². The van der Waals surface area contributed by atoms with Gasteiger partial charge in [0.25, 0.3) is 0 Å². The van der Waals surface area contributed by atoms with Crippen LogP contribution in [0.2, 0.25) is 0 Å². The van der Waals surface area contributed by atoms with E-state index in [1.165, 1.54) is 12.0 Å². The van der Waals surface area contributed by atoms with Crippen molar-refractivity contribution >= 4 is 12.6 Å². The molecule has 2 rings (SSSR count). The van der Waals surface area contributed by atoms with Crippen LogP contribution in [0.1, 0.15) is 17.7 Å². The maximum absolute atomic E-state index is 5.08. The van der Waals surface area contributed by atoms with E-state index in [4.69, 9.17) is 4.42 Å². The number of benzene rings is 1. The average Bonchev–Trinajstić information content (AvgIpc) is 2.71. The third-order valence-corrected chi connectivity index (χ3v) is 2.30. The van der Waals surface area contributed by atoms with Gasteiger partial charge in [0.15, 0.2) is 0 Å². The van der Waals surface area contributed by atoms with Crippen molar-refractivity contribution < 1.29 is 4.42 Å². The monoisotopic (exact) mass is 206 g/mol. The maximum atomic E-state index is 5.08. The summed E-state index contributed by atoms with van der Waals surface area (Å²) in [5.41, 5.74) is 2.11. The second-order valence-electron chi connectivity index (χ2n) is 3.04. The molecule has 0 N–H and O–H groups in total. The fourth-order valence-electron chi connectivity index (χ4n) is 1.20. The summed E-state index contributed by atoms with van der Waals surface area (Å²) in [5, 5.41) is 7.69. The minimum Gasteiger partial charge on any atom is -0.423 e. The van der Waals surface area contributed by atoms with Crippen molar-refractivity contribution in [3.05, 3.63) is 36.2 Å². The summed E-state index contributed by atoms with van der Waals surface area (Å²) in [4.78, 5) is 0. The van der Waals surface area contributed by atoms with Gasteiger partial charge in [-0.2, -0.15) is 12.6 Å². The second-order valence-corrected chi connectivity index (χ2v) is 3.82. The van der Waals surface area contributed by atoms with Gasteiger partial charge in [0.2, 0.25) is 12.3 Å². The zero-order valence-corrected chi connectivity index (χ0v) is 8.61. The summed E-state index contributed by atoms with van der Waals surface area (Å²) in [6.07, 6.45) is 1.32. The van der Waals surface area contributed by atoms with Crippen LogP contribution in [0.5, 0.6) is 0 Å². The summed E-state index contributed by atoms with van der Waals surface area (Å²) in [6.45, 7) is 2.03. The van der Waals surface area contributed by atoms with E-state index in [1.807, 2.05) is 31.2 Å². The first-order valence-corrected chi connectivity index (χ1v) is 4.83. The van der Waals surface area contributed by atoms with E-state index >= 15 is 0 Å². The minimum absolute atomic E-state index is 0.242. The Labute approximate surface area is 87.6 Å². The van der Waals surface area contributed by atoms with E-state index in [0.29, 0.717) is 5.89 Å². The Morgan fingerprint density at radius 1 is 1.29 bits per heavy atom. The zero-order chi connectivity index (χ0) is 9.97. The highest BCUT2D eigenvalue weighted by Gasteiger charge is 2.04. The van der Waals surface area contributed by atoms with Crippen LogP contribution in [0.3, 0.4) is 0 Å². The van der Waals surface area contributed by atoms with Crippen molar-refractivity contribution in [2.45, 2.75) is 12.2 Å². The van der Waals surface area contributed by atoms with E-state index in [2.05, 4.69) is 22.8 Å². The molecule has 0 saturated carbocycles. The van der Waals surface area contributed by atoms with E-state index in [-0.39, 0.29) is 5.25 Å². The molecule has 1 aromatic carbocycles. The molecule has 1 atom stereocenters. The van der Waals surface area contributed by atoms with Crippen molar-refractivity contribution in [3.63, 3.8) is 0 Å². The predicted octanol–water partition coefficient (Wildman–Crippen LogP) is 2.73. The molecule has 14 heavy (non-hydrogen) atoms. The normalized spacial score (nSPS) is 12.7. The smallest absolute Gasteiger partial charge is 0.247 e. The molecule has 2 aromatic rings. The van der Waals surface area contributed by atoms with Crippen molar-refractivity contribution in [2.24, 2.45) is 0 Å². The molecule has 0 radical (unpaired) electrons. The highest BCUT2D eigenvalue weighted by atomic mass is 32.1. The van der Waals surface area contributed by atoms with Gasteiger partial charge in [-0.25, -0.2) is 0 Å². The average molecular weight is 206 g/mol. The number of hydrogen-bond donors (Lipinski definition) is 1. The summed E-state index contributed by atoms with van der Waals surface area (Å²) in [5.74, 6) is 0.545. The van der Waals surface area contributed by atoms with E-state index in [0.717, 1.165) is 5.56 Å². The first-order chi connectivity index (χ1) is 6.77. The standard InChI is InChI=1S/C10H10N2OS/c1-7(14)8-2-4-9(5-3-8)10-12-11-6-13-10/h2-7,14H,1H3. The van der Waals surface area contributed by atoms with Crippen molar-refractivity contribution in [1.82, 2.24) is 10.2 Å². The summed E-state index contributed by atoms with van der Waals surface area (Å²) >= 11 is 4.35. The molecule has 0 bridgehead atoms. The Hall–Kier alpha value is -1.29. The van der Waals surface area contributed by atoms with Gasteiger partial charge in [-0.15, -0.1) is 10.2 Å². The van der Waals surface area contributed by atoms with E-state index in [9.17, 15) is 0 Å². The molecule has 1 aromatic heterocycles. The Morgan fingerprint density at radius 2 is 2.00 bits per heavy atom. The quantitative estimate of drug-likeness (QED) is 0.768. The van der Waals surface area contributed by atoms with Crippen LogP contribution in [0.4, 0.5) is 0 Å². The lowest BCUT2D eigenvalue weighted by Gasteiger charge is -2.03. The molecular weight excluding hydrogens is 196 g/mol. The van der Waals surface area contributed by atoms with Gasteiger partial charge < -0.3 is 4.42 Å².